The number of nitrogen functional groups attached to an aromatic ring is 1. The molecule has 1 aromatic heterocycles. The highest BCUT2D eigenvalue weighted by Crippen LogP contribution is 2.36. The Hall–Kier alpha value is -1.28. The van der Waals surface area contributed by atoms with Gasteiger partial charge in [-0.2, -0.15) is 0 Å². The first-order valence-electron chi connectivity index (χ1n) is 5.43. The SMILES string of the molecule is Cc1cc(C)c(C)c(-c2ccc(N)s2)c1C. The van der Waals surface area contributed by atoms with Crippen molar-refractivity contribution < 1.29 is 0 Å². The first kappa shape index (κ1) is 11.2. The Bertz CT molecular complexity index is 512. The van der Waals surface area contributed by atoms with Crippen LogP contribution in [0.2, 0.25) is 0 Å². The van der Waals surface area contributed by atoms with Gasteiger partial charge in [0.2, 0.25) is 0 Å². The molecule has 0 amide bonds. The van der Waals surface area contributed by atoms with Gasteiger partial charge >= 0.3 is 0 Å². The van der Waals surface area contributed by atoms with Crippen molar-refractivity contribution in [2.45, 2.75) is 27.7 Å². The molecule has 0 spiro atoms. The van der Waals surface area contributed by atoms with Gasteiger partial charge in [0.05, 0.1) is 5.00 Å². The zero-order chi connectivity index (χ0) is 11.9. The van der Waals surface area contributed by atoms with E-state index in [1.807, 2.05) is 6.07 Å². The van der Waals surface area contributed by atoms with Gasteiger partial charge in [-0.15, -0.1) is 11.3 Å². The predicted molar refractivity (Wildman–Crippen MR) is 73.1 cm³/mol. The summed E-state index contributed by atoms with van der Waals surface area (Å²) in [6.07, 6.45) is 0. The molecule has 1 heterocycles. The molecule has 2 aromatic rings. The summed E-state index contributed by atoms with van der Waals surface area (Å²) in [6.45, 7) is 8.71. The van der Waals surface area contributed by atoms with E-state index in [1.54, 1.807) is 11.3 Å². The summed E-state index contributed by atoms with van der Waals surface area (Å²) in [6, 6.07) is 6.36. The van der Waals surface area contributed by atoms with Gasteiger partial charge in [0.1, 0.15) is 0 Å². The maximum absolute atomic E-state index is 5.81. The van der Waals surface area contributed by atoms with Crippen molar-refractivity contribution in [1.29, 1.82) is 0 Å². The molecule has 1 nitrogen and oxygen atoms in total. The van der Waals surface area contributed by atoms with Crippen molar-refractivity contribution in [3.8, 4) is 10.4 Å². The van der Waals surface area contributed by atoms with Crippen LogP contribution >= 0.6 is 11.3 Å². The minimum absolute atomic E-state index is 0.882. The fourth-order valence-corrected chi connectivity index (χ4v) is 3.01. The summed E-state index contributed by atoms with van der Waals surface area (Å²) < 4.78 is 0. The van der Waals surface area contributed by atoms with Crippen molar-refractivity contribution in [3.05, 3.63) is 40.5 Å². The lowest BCUT2D eigenvalue weighted by Crippen LogP contribution is -1.93. The first-order chi connectivity index (χ1) is 7.50. The van der Waals surface area contributed by atoms with E-state index in [9.17, 15) is 0 Å². The van der Waals surface area contributed by atoms with Gasteiger partial charge in [0, 0.05) is 4.88 Å². The summed E-state index contributed by atoms with van der Waals surface area (Å²) in [7, 11) is 0. The molecule has 0 bridgehead atoms. The van der Waals surface area contributed by atoms with E-state index >= 15 is 0 Å². The van der Waals surface area contributed by atoms with E-state index < -0.39 is 0 Å². The van der Waals surface area contributed by atoms with Gasteiger partial charge in [0.25, 0.3) is 0 Å². The number of hydrogen-bond acceptors (Lipinski definition) is 2. The summed E-state index contributed by atoms with van der Waals surface area (Å²) >= 11 is 1.66. The Kier molecular flexibility index (Phi) is 2.76. The smallest absolute Gasteiger partial charge is 0.0862 e. The van der Waals surface area contributed by atoms with Crippen molar-refractivity contribution in [2.24, 2.45) is 0 Å². The third-order valence-corrected chi connectivity index (χ3v) is 4.17. The Morgan fingerprint density at radius 1 is 0.938 bits per heavy atom. The molecule has 0 radical (unpaired) electrons. The normalized spacial score (nSPS) is 10.8. The topological polar surface area (TPSA) is 26.0 Å². The van der Waals surface area contributed by atoms with E-state index in [1.165, 1.54) is 32.7 Å². The molecule has 2 heteroatoms. The minimum atomic E-state index is 0.882. The number of rotatable bonds is 1. The number of nitrogens with two attached hydrogens (primary N) is 1. The van der Waals surface area contributed by atoms with Gasteiger partial charge in [-0.25, -0.2) is 0 Å². The second kappa shape index (κ2) is 3.95. The fraction of sp³-hybridized carbons (Fsp3) is 0.286. The molecule has 0 aliphatic heterocycles. The average Bonchev–Trinajstić information content (AvgIpc) is 2.62. The molecular formula is C14H17NS. The molecule has 0 aliphatic carbocycles. The Morgan fingerprint density at radius 3 is 1.94 bits per heavy atom. The standard InChI is InChI=1S/C14H17NS/c1-8-7-9(2)11(4)14(10(8)3)12-5-6-13(15)16-12/h5-7H,15H2,1-4H3. The second-order valence-corrected chi connectivity index (χ2v) is 5.45. The summed E-state index contributed by atoms with van der Waals surface area (Å²) in [5.74, 6) is 0. The average molecular weight is 231 g/mol. The van der Waals surface area contributed by atoms with Gasteiger partial charge < -0.3 is 5.73 Å². The molecule has 0 fully saturated rings. The van der Waals surface area contributed by atoms with Crippen LogP contribution in [0.4, 0.5) is 5.00 Å². The summed E-state index contributed by atoms with van der Waals surface area (Å²) in [5, 5.41) is 0.882. The van der Waals surface area contributed by atoms with Crippen molar-refractivity contribution in [3.63, 3.8) is 0 Å². The number of aryl methyl sites for hydroxylation is 2. The van der Waals surface area contributed by atoms with Crippen LogP contribution < -0.4 is 5.73 Å². The van der Waals surface area contributed by atoms with Crippen molar-refractivity contribution >= 4 is 16.3 Å². The van der Waals surface area contributed by atoms with Gasteiger partial charge in [0.15, 0.2) is 0 Å². The van der Waals surface area contributed by atoms with Crippen LogP contribution in [-0.4, -0.2) is 0 Å². The minimum Gasteiger partial charge on any atom is -0.391 e. The Morgan fingerprint density at radius 2 is 1.50 bits per heavy atom. The maximum atomic E-state index is 5.81. The molecule has 0 saturated carbocycles. The largest absolute Gasteiger partial charge is 0.391 e. The van der Waals surface area contributed by atoms with Crippen LogP contribution in [0.1, 0.15) is 22.3 Å². The van der Waals surface area contributed by atoms with Gasteiger partial charge in [-0.3, -0.25) is 0 Å². The quantitative estimate of drug-likeness (QED) is 0.781. The number of anilines is 1. The molecule has 2 N–H and O–H groups in total. The zero-order valence-corrected chi connectivity index (χ0v) is 11.0. The number of benzene rings is 1. The van der Waals surface area contributed by atoms with E-state index in [0.717, 1.165) is 5.00 Å². The molecular weight excluding hydrogens is 214 g/mol. The van der Waals surface area contributed by atoms with Crippen LogP contribution in [0.25, 0.3) is 10.4 Å². The molecule has 1 aromatic carbocycles. The summed E-state index contributed by atoms with van der Waals surface area (Å²) in [5.41, 5.74) is 12.6. The van der Waals surface area contributed by atoms with Crippen LogP contribution in [0.3, 0.4) is 0 Å². The lowest BCUT2D eigenvalue weighted by molar-refractivity contribution is 1.25. The Balaban J connectivity index is 2.73. The summed E-state index contributed by atoms with van der Waals surface area (Å²) in [4.78, 5) is 1.28. The van der Waals surface area contributed by atoms with Crippen molar-refractivity contribution in [2.75, 3.05) is 5.73 Å². The predicted octanol–water partition coefficient (Wildman–Crippen LogP) is 4.23. The second-order valence-electron chi connectivity index (χ2n) is 4.34. The third kappa shape index (κ3) is 1.74. The van der Waals surface area contributed by atoms with Gasteiger partial charge in [-0.05, 0) is 67.6 Å². The van der Waals surface area contributed by atoms with E-state index in [2.05, 4.69) is 39.8 Å². The molecule has 2 rings (SSSR count). The van der Waals surface area contributed by atoms with Crippen LogP contribution in [-0.2, 0) is 0 Å². The Labute approximate surface area is 101 Å². The van der Waals surface area contributed by atoms with Crippen LogP contribution in [0.5, 0.6) is 0 Å². The highest BCUT2D eigenvalue weighted by molar-refractivity contribution is 7.19. The molecule has 0 atom stereocenters. The van der Waals surface area contributed by atoms with E-state index in [0.29, 0.717) is 0 Å². The highest BCUT2D eigenvalue weighted by Gasteiger charge is 2.11. The molecule has 84 valence electrons. The molecule has 0 unspecified atom stereocenters. The molecule has 0 aliphatic rings. The molecule has 16 heavy (non-hydrogen) atoms. The fourth-order valence-electron chi connectivity index (χ4n) is 2.07. The molecule has 0 saturated heterocycles. The first-order valence-corrected chi connectivity index (χ1v) is 6.25. The van der Waals surface area contributed by atoms with E-state index in [4.69, 9.17) is 5.73 Å². The van der Waals surface area contributed by atoms with Crippen LogP contribution in [0, 0.1) is 27.7 Å². The van der Waals surface area contributed by atoms with E-state index in [-0.39, 0.29) is 0 Å². The van der Waals surface area contributed by atoms with Crippen LogP contribution in [0.15, 0.2) is 18.2 Å². The highest BCUT2D eigenvalue weighted by atomic mass is 32.1. The number of thiophene rings is 1. The van der Waals surface area contributed by atoms with Gasteiger partial charge in [-0.1, -0.05) is 6.07 Å². The zero-order valence-electron chi connectivity index (χ0n) is 10.2. The monoisotopic (exact) mass is 231 g/mol. The lowest BCUT2D eigenvalue weighted by atomic mass is 9.93. The maximum Gasteiger partial charge on any atom is 0.0862 e. The third-order valence-electron chi connectivity index (χ3n) is 3.24. The lowest BCUT2D eigenvalue weighted by Gasteiger charge is -2.13. The van der Waals surface area contributed by atoms with Crippen molar-refractivity contribution in [1.82, 2.24) is 0 Å². The number of hydrogen-bond donors (Lipinski definition) is 1.